The number of nitrogens with zero attached hydrogens (tertiary/aromatic N) is 1. The molecule has 0 fully saturated rings. The maximum absolute atomic E-state index is 13.4. The van der Waals surface area contributed by atoms with Crippen LogP contribution in [0.15, 0.2) is 36.5 Å². The second-order valence-corrected chi connectivity index (χ2v) is 3.96. The molecule has 2 rings (SSSR count). The average Bonchev–Trinajstić information content (AvgIpc) is 2.36. The summed E-state index contributed by atoms with van der Waals surface area (Å²) in [6, 6.07) is 7.12. The third-order valence-electron chi connectivity index (χ3n) is 2.25. The van der Waals surface area contributed by atoms with E-state index in [0.717, 1.165) is 6.07 Å². The summed E-state index contributed by atoms with van der Waals surface area (Å²) in [6.45, 7) is 0. The summed E-state index contributed by atoms with van der Waals surface area (Å²) in [5.41, 5.74) is 6.42. The highest BCUT2D eigenvalue weighted by Crippen LogP contribution is 2.21. The van der Waals surface area contributed by atoms with Crippen LogP contribution in [0.1, 0.15) is 5.69 Å². The normalized spacial score (nSPS) is 10.1. The predicted octanol–water partition coefficient (Wildman–Crippen LogP) is 2.74. The van der Waals surface area contributed by atoms with Gasteiger partial charge in [-0.2, -0.15) is 0 Å². The molecule has 18 heavy (non-hydrogen) atoms. The molecule has 92 valence electrons. The Morgan fingerprint density at radius 1 is 1.22 bits per heavy atom. The first-order valence-corrected chi connectivity index (χ1v) is 5.45. The van der Waals surface area contributed by atoms with Crippen molar-refractivity contribution in [3.63, 3.8) is 0 Å². The molecular weight excluding hydrogens is 256 g/mol. The van der Waals surface area contributed by atoms with Gasteiger partial charge in [0.05, 0.1) is 23.3 Å². The fourth-order valence-electron chi connectivity index (χ4n) is 1.37. The van der Waals surface area contributed by atoms with Gasteiger partial charge in [0.25, 0.3) is 0 Å². The van der Waals surface area contributed by atoms with Crippen molar-refractivity contribution < 1.29 is 8.78 Å². The molecule has 3 nitrogen and oxygen atoms in total. The second kappa shape index (κ2) is 5.05. The average molecular weight is 265 g/mol. The smallest absolute Gasteiger partial charge is 0.182 e. The Hall–Kier alpha value is -2.08. The number of pyridine rings is 1. The standard InChI is InChI=1S/C12H9F2N3S/c13-8-2-1-3-9(11(8)14)17-7-4-5-10(12(15)18)16-6-7/h1-6,17H,(H2,15,18). The van der Waals surface area contributed by atoms with Crippen molar-refractivity contribution in [1.29, 1.82) is 0 Å². The van der Waals surface area contributed by atoms with Crippen LogP contribution in [0.25, 0.3) is 0 Å². The maximum atomic E-state index is 13.4. The largest absolute Gasteiger partial charge is 0.388 e. The first kappa shape index (κ1) is 12.4. The van der Waals surface area contributed by atoms with E-state index in [1.807, 2.05) is 0 Å². The van der Waals surface area contributed by atoms with E-state index < -0.39 is 11.6 Å². The number of hydrogen-bond donors (Lipinski definition) is 2. The van der Waals surface area contributed by atoms with Crippen LogP contribution in [0.2, 0.25) is 0 Å². The van der Waals surface area contributed by atoms with Crippen LogP contribution in [0.5, 0.6) is 0 Å². The van der Waals surface area contributed by atoms with E-state index in [0.29, 0.717) is 11.4 Å². The fourth-order valence-corrected chi connectivity index (χ4v) is 1.49. The van der Waals surface area contributed by atoms with Crippen LogP contribution in [0.4, 0.5) is 20.2 Å². The van der Waals surface area contributed by atoms with E-state index in [4.69, 9.17) is 18.0 Å². The number of rotatable bonds is 3. The lowest BCUT2D eigenvalue weighted by atomic mass is 10.2. The highest BCUT2D eigenvalue weighted by atomic mass is 32.1. The predicted molar refractivity (Wildman–Crippen MR) is 69.8 cm³/mol. The highest BCUT2D eigenvalue weighted by Gasteiger charge is 2.07. The van der Waals surface area contributed by atoms with E-state index >= 15 is 0 Å². The molecular formula is C12H9F2N3S. The Labute approximate surface area is 108 Å². The molecule has 1 heterocycles. The van der Waals surface area contributed by atoms with Crippen LogP contribution in [0.3, 0.4) is 0 Å². The molecule has 0 saturated heterocycles. The molecule has 0 radical (unpaired) electrons. The van der Waals surface area contributed by atoms with Crippen molar-refractivity contribution in [3.8, 4) is 0 Å². The number of anilines is 2. The first-order valence-electron chi connectivity index (χ1n) is 5.05. The number of thiocarbonyl (C=S) groups is 1. The van der Waals surface area contributed by atoms with E-state index in [1.54, 1.807) is 12.1 Å². The molecule has 0 atom stereocenters. The SMILES string of the molecule is NC(=S)c1ccc(Nc2cccc(F)c2F)cn1. The number of aromatic nitrogens is 1. The lowest BCUT2D eigenvalue weighted by Crippen LogP contribution is -2.11. The summed E-state index contributed by atoms with van der Waals surface area (Å²) < 4.78 is 26.4. The zero-order valence-electron chi connectivity index (χ0n) is 9.15. The third-order valence-corrected chi connectivity index (χ3v) is 2.46. The minimum atomic E-state index is -0.934. The molecule has 3 N–H and O–H groups in total. The Morgan fingerprint density at radius 2 is 2.00 bits per heavy atom. The van der Waals surface area contributed by atoms with E-state index in [9.17, 15) is 8.78 Å². The third kappa shape index (κ3) is 2.60. The lowest BCUT2D eigenvalue weighted by Gasteiger charge is -2.08. The molecule has 1 aromatic heterocycles. The molecule has 1 aromatic carbocycles. The lowest BCUT2D eigenvalue weighted by molar-refractivity contribution is 0.512. The van der Waals surface area contributed by atoms with Crippen LogP contribution in [-0.4, -0.2) is 9.97 Å². The van der Waals surface area contributed by atoms with Crippen LogP contribution in [-0.2, 0) is 0 Å². The fraction of sp³-hybridized carbons (Fsp3) is 0. The van der Waals surface area contributed by atoms with Gasteiger partial charge in [-0.05, 0) is 24.3 Å². The molecule has 6 heteroatoms. The summed E-state index contributed by atoms with van der Waals surface area (Å²) in [5.74, 6) is -1.84. The summed E-state index contributed by atoms with van der Waals surface area (Å²) in [6.07, 6.45) is 1.44. The quantitative estimate of drug-likeness (QED) is 0.838. The Morgan fingerprint density at radius 3 is 2.61 bits per heavy atom. The van der Waals surface area contributed by atoms with Crippen molar-refractivity contribution in [2.75, 3.05) is 5.32 Å². The van der Waals surface area contributed by atoms with Crippen LogP contribution < -0.4 is 11.1 Å². The molecule has 0 saturated carbocycles. The van der Waals surface area contributed by atoms with Gasteiger partial charge in [0, 0.05) is 0 Å². The van der Waals surface area contributed by atoms with Gasteiger partial charge in [0.1, 0.15) is 4.99 Å². The first-order chi connectivity index (χ1) is 8.58. The van der Waals surface area contributed by atoms with Gasteiger partial charge in [-0.15, -0.1) is 0 Å². The number of benzene rings is 1. The topological polar surface area (TPSA) is 50.9 Å². The number of hydrogen-bond acceptors (Lipinski definition) is 3. The minimum absolute atomic E-state index is 0.0416. The molecule has 0 spiro atoms. The molecule has 0 aliphatic rings. The van der Waals surface area contributed by atoms with Crippen molar-refractivity contribution in [2.45, 2.75) is 0 Å². The number of nitrogens with one attached hydrogen (secondary N) is 1. The van der Waals surface area contributed by atoms with Gasteiger partial charge < -0.3 is 11.1 Å². The molecule has 0 aliphatic carbocycles. The Balaban J connectivity index is 2.24. The Bertz CT molecular complexity index is 584. The van der Waals surface area contributed by atoms with Crippen molar-refractivity contribution in [2.24, 2.45) is 5.73 Å². The van der Waals surface area contributed by atoms with Crippen molar-refractivity contribution >= 4 is 28.6 Å². The summed E-state index contributed by atoms with van der Waals surface area (Å²) in [7, 11) is 0. The molecule has 0 bridgehead atoms. The molecule has 2 aromatic rings. The van der Waals surface area contributed by atoms with Crippen LogP contribution >= 0.6 is 12.2 Å². The van der Waals surface area contributed by atoms with Gasteiger partial charge in [-0.25, -0.2) is 8.78 Å². The Kier molecular flexibility index (Phi) is 3.47. The van der Waals surface area contributed by atoms with Crippen molar-refractivity contribution in [1.82, 2.24) is 4.98 Å². The zero-order valence-corrected chi connectivity index (χ0v) is 9.97. The molecule has 0 aliphatic heterocycles. The highest BCUT2D eigenvalue weighted by molar-refractivity contribution is 7.80. The van der Waals surface area contributed by atoms with Gasteiger partial charge >= 0.3 is 0 Å². The van der Waals surface area contributed by atoms with Gasteiger partial charge in [0.2, 0.25) is 0 Å². The monoisotopic (exact) mass is 265 g/mol. The summed E-state index contributed by atoms with van der Waals surface area (Å²) in [5, 5.41) is 2.72. The van der Waals surface area contributed by atoms with Crippen molar-refractivity contribution in [3.05, 3.63) is 53.9 Å². The molecule has 0 unspecified atom stereocenters. The second-order valence-electron chi connectivity index (χ2n) is 3.52. The van der Waals surface area contributed by atoms with Gasteiger partial charge in [0.15, 0.2) is 11.6 Å². The molecule has 0 amide bonds. The zero-order chi connectivity index (χ0) is 13.1. The summed E-state index contributed by atoms with van der Waals surface area (Å²) >= 11 is 4.76. The minimum Gasteiger partial charge on any atom is -0.388 e. The number of halogens is 2. The number of nitrogens with two attached hydrogens (primary N) is 1. The van der Waals surface area contributed by atoms with Gasteiger partial charge in [-0.3, -0.25) is 4.98 Å². The van der Waals surface area contributed by atoms with E-state index in [2.05, 4.69) is 10.3 Å². The van der Waals surface area contributed by atoms with Crippen LogP contribution in [0, 0.1) is 11.6 Å². The van der Waals surface area contributed by atoms with E-state index in [-0.39, 0.29) is 10.7 Å². The summed E-state index contributed by atoms with van der Waals surface area (Å²) in [4.78, 5) is 4.16. The maximum Gasteiger partial charge on any atom is 0.182 e. The van der Waals surface area contributed by atoms with E-state index in [1.165, 1.54) is 18.3 Å². The van der Waals surface area contributed by atoms with Gasteiger partial charge in [-0.1, -0.05) is 18.3 Å².